The molecule has 0 heterocycles. The van der Waals surface area contributed by atoms with Crippen molar-refractivity contribution in [2.24, 2.45) is 4.99 Å². The predicted molar refractivity (Wildman–Crippen MR) is 120 cm³/mol. The molecule has 1 unspecified atom stereocenters. The Kier molecular flexibility index (Phi) is 12.7. The minimum atomic E-state index is -2.92. The van der Waals surface area contributed by atoms with Crippen molar-refractivity contribution in [3.8, 4) is 5.75 Å². The lowest BCUT2D eigenvalue weighted by atomic mass is 9.98. The van der Waals surface area contributed by atoms with Crippen LogP contribution in [0, 0.1) is 0 Å². The second-order valence-electron chi connectivity index (χ2n) is 6.13. The van der Waals surface area contributed by atoms with Crippen molar-refractivity contribution in [2.75, 3.05) is 38.8 Å². The first-order valence-corrected chi connectivity index (χ1v) is 10.8. The van der Waals surface area contributed by atoms with E-state index >= 15 is 0 Å². The first-order chi connectivity index (χ1) is 11.9. The monoisotopic (exact) mass is 497 g/mol. The molecule has 1 atom stereocenters. The Morgan fingerprint density at radius 2 is 1.88 bits per heavy atom. The topological polar surface area (TPSA) is 79.8 Å². The van der Waals surface area contributed by atoms with E-state index in [1.165, 1.54) is 11.8 Å². The van der Waals surface area contributed by atoms with Gasteiger partial charge in [0.25, 0.3) is 0 Å². The van der Waals surface area contributed by atoms with Crippen molar-refractivity contribution in [1.29, 1.82) is 0 Å². The molecule has 0 fully saturated rings. The van der Waals surface area contributed by atoms with Crippen LogP contribution in [0.3, 0.4) is 0 Å². The van der Waals surface area contributed by atoms with Gasteiger partial charge in [-0.3, -0.25) is 4.99 Å². The number of methoxy groups -OCH3 is 1. The highest BCUT2D eigenvalue weighted by Crippen LogP contribution is 2.21. The number of nitrogens with zero attached hydrogens (tertiary/aromatic N) is 1. The lowest BCUT2D eigenvalue weighted by Crippen LogP contribution is -2.38. The van der Waals surface area contributed by atoms with Crippen molar-refractivity contribution in [3.63, 3.8) is 0 Å². The smallest absolute Gasteiger partial charge is 0.191 e. The molecular formula is C18H32IN3O3S. The Bertz CT molecular complexity index is 634. The largest absolute Gasteiger partial charge is 0.497 e. The fourth-order valence-corrected chi connectivity index (χ4v) is 3.02. The Morgan fingerprint density at radius 1 is 1.23 bits per heavy atom. The van der Waals surface area contributed by atoms with Crippen LogP contribution in [0.5, 0.6) is 5.75 Å². The molecule has 0 radical (unpaired) electrons. The zero-order valence-corrected chi connectivity index (χ0v) is 19.3. The van der Waals surface area contributed by atoms with Gasteiger partial charge in [0.15, 0.2) is 5.96 Å². The molecule has 26 heavy (non-hydrogen) atoms. The van der Waals surface area contributed by atoms with Crippen molar-refractivity contribution in [2.45, 2.75) is 32.6 Å². The van der Waals surface area contributed by atoms with Gasteiger partial charge in [0.2, 0.25) is 0 Å². The van der Waals surface area contributed by atoms with E-state index in [9.17, 15) is 8.42 Å². The highest BCUT2D eigenvalue weighted by Gasteiger charge is 2.06. The predicted octanol–water partition coefficient (Wildman–Crippen LogP) is 2.80. The molecule has 0 aliphatic heterocycles. The second-order valence-corrected chi connectivity index (χ2v) is 8.39. The minimum Gasteiger partial charge on any atom is -0.497 e. The maximum absolute atomic E-state index is 11.1. The number of hydrogen-bond donors (Lipinski definition) is 2. The van der Waals surface area contributed by atoms with E-state index in [1.807, 2.05) is 19.1 Å². The maximum atomic E-state index is 11.1. The van der Waals surface area contributed by atoms with Gasteiger partial charge in [-0.2, -0.15) is 0 Å². The molecule has 6 nitrogen and oxygen atoms in total. The van der Waals surface area contributed by atoms with Crippen molar-refractivity contribution in [3.05, 3.63) is 29.8 Å². The van der Waals surface area contributed by atoms with Crippen LogP contribution in [0.4, 0.5) is 0 Å². The van der Waals surface area contributed by atoms with Crippen molar-refractivity contribution in [1.82, 2.24) is 10.6 Å². The molecule has 0 bridgehead atoms. The van der Waals surface area contributed by atoms with E-state index in [0.717, 1.165) is 31.2 Å². The van der Waals surface area contributed by atoms with E-state index < -0.39 is 9.84 Å². The summed E-state index contributed by atoms with van der Waals surface area (Å²) in [5, 5.41) is 6.49. The molecule has 0 saturated carbocycles. The van der Waals surface area contributed by atoms with Crippen LogP contribution in [-0.2, 0) is 9.84 Å². The van der Waals surface area contributed by atoms with Crippen LogP contribution in [0.15, 0.2) is 29.3 Å². The van der Waals surface area contributed by atoms with Crippen LogP contribution in [0.2, 0.25) is 0 Å². The molecule has 0 aliphatic carbocycles. The summed E-state index contributed by atoms with van der Waals surface area (Å²) in [6, 6.07) is 8.14. The highest BCUT2D eigenvalue weighted by atomic mass is 127. The van der Waals surface area contributed by atoms with E-state index in [2.05, 4.69) is 34.7 Å². The maximum Gasteiger partial charge on any atom is 0.191 e. The van der Waals surface area contributed by atoms with Gasteiger partial charge in [-0.25, -0.2) is 8.42 Å². The minimum absolute atomic E-state index is 0. The summed E-state index contributed by atoms with van der Waals surface area (Å²) in [5.74, 6) is 2.19. The summed E-state index contributed by atoms with van der Waals surface area (Å²) in [7, 11) is -1.25. The number of sulfone groups is 1. The third-order valence-electron chi connectivity index (χ3n) is 3.84. The third-order valence-corrected chi connectivity index (χ3v) is 4.87. The van der Waals surface area contributed by atoms with Gasteiger partial charge in [-0.15, -0.1) is 24.0 Å². The molecule has 0 spiro atoms. The first-order valence-electron chi connectivity index (χ1n) is 8.69. The number of benzene rings is 1. The van der Waals surface area contributed by atoms with Crippen LogP contribution in [0.1, 0.15) is 38.2 Å². The number of halogens is 1. The number of ether oxygens (including phenoxy) is 1. The van der Waals surface area contributed by atoms with Gasteiger partial charge >= 0.3 is 0 Å². The summed E-state index contributed by atoms with van der Waals surface area (Å²) >= 11 is 0. The summed E-state index contributed by atoms with van der Waals surface area (Å²) < 4.78 is 27.5. The molecule has 0 aliphatic rings. The third kappa shape index (κ3) is 10.8. The standard InChI is InChI=1S/C18H31N3O3S.HI/c1-5-19-18(20-12-6-14-25(4,22)23)21-13-11-15(2)16-7-9-17(24-3)10-8-16;/h7-10,15H,5-6,11-14H2,1-4H3,(H2,19,20,21);1H. The van der Waals surface area contributed by atoms with Crippen LogP contribution in [0.25, 0.3) is 0 Å². The Labute approximate surface area is 175 Å². The summed E-state index contributed by atoms with van der Waals surface area (Å²) in [4.78, 5) is 4.42. The molecule has 0 amide bonds. The van der Waals surface area contributed by atoms with E-state index in [1.54, 1.807) is 7.11 Å². The highest BCUT2D eigenvalue weighted by molar-refractivity contribution is 14.0. The molecule has 8 heteroatoms. The summed E-state index contributed by atoms with van der Waals surface area (Å²) in [5.41, 5.74) is 1.28. The Balaban J connectivity index is 0.00000625. The van der Waals surface area contributed by atoms with Gasteiger partial charge < -0.3 is 15.4 Å². The van der Waals surface area contributed by atoms with E-state index in [4.69, 9.17) is 4.74 Å². The SMILES string of the molecule is CCNC(=NCCCS(C)(=O)=O)NCCC(C)c1ccc(OC)cc1.I. The number of hydrogen-bond acceptors (Lipinski definition) is 4. The van der Waals surface area contributed by atoms with Crippen molar-refractivity contribution < 1.29 is 13.2 Å². The lowest BCUT2D eigenvalue weighted by Gasteiger charge is -2.15. The molecule has 0 aromatic heterocycles. The molecule has 0 saturated heterocycles. The molecule has 1 aromatic carbocycles. The fourth-order valence-electron chi connectivity index (χ4n) is 2.37. The summed E-state index contributed by atoms with van der Waals surface area (Å²) in [6.45, 7) is 6.26. The molecule has 2 N–H and O–H groups in total. The van der Waals surface area contributed by atoms with Crippen LogP contribution >= 0.6 is 24.0 Å². The Morgan fingerprint density at radius 3 is 2.42 bits per heavy atom. The Hall–Kier alpha value is -1.03. The molecule has 150 valence electrons. The quantitative estimate of drug-likeness (QED) is 0.225. The number of guanidine groups is 1. The van der Waals surface area contributed by atoms with Gasteiger partial charge in [-0.1, -0.05) is 19.1 Å². The van der Waals surface area contributed by atoms with E-state index in [0.29, 0.717) is 18.9 Å². The van der Waals surface area contributed by atoms with Gasteiger partial charge in [-0.05, 0) is 43.4 Å². The number of aliphatic imine (C=N–C) groups is 1. The average Bonchev–Trinajstić information content (AvgIpc) is 2.57. The second kappa shape index (κ2) is 13.2. The summed E-state index contributed by atoms with van der Waals surface area (Å²) in [6.07, 6.45) is 2.76. The molecule has 1 aromatic rings. The number of nitrogens with one attached hydrogen (secondary N) is 2. The fraction of sp³-hybridized carbons (Fsp3) is 0.611. The van der Waals surface area contributed by atoms with Crippen LogP contribution < -0.4 is 15.4 Å². The van der Waals surface area contributed by atoms with Gasteiger partial charge in [0.1, 0.15) is 15.6 Å². The molecular weight excluding hydrogens is 465 g/mol. The van der Waals surface area contributed by atoms with Crippen molar-refractivity contribution >= 4 is 39.8 Å². The zero-order valence-electron chi connectivity index (χ0n) is 16.1. The molecule has 1 rings (SSSR count). The van der Waals surface area contributed by atoms with Gasteiger partial charge in [0, 0.05) is 25.9 Å². The number of rotatable bonds is 10. The first kappa shape index (κ1) is 25.0. The zero-order chi connectivity index (χ0) is 18.7. The normalized spacial score (nSPS) is 12.8. The van der Waals surface area contributed by atoms with Gasteiger partial charge in [0.05, 0.1) is 12.9 Å². The van der Waals surface area contributed by atoms with E-state index in [-0.39, 0.29) is 29.7 Å². The lowest BCUT2D eigenvalue weighted by molar-refractivity contribution is 0.414. The average molecular weight is 497 g/mol. The van der Waals surface area contributed by atoms with Crippen LogP contribution in [-0.4, -0.2) is 53.1 Å².